The number of ether oxygens (including phenoxy) is 1. The van der Waals surface area contributed by atoms with Crippen LogP contribution in [0.15, 0.2) is 48.5 Å². The molecule has 22 heavy (non-hydrogen) atoms. The first kappa shape index (κ1) is 16.3. The molecule has 2 rings (SSSR count). The first-order chi connectivity index (χ1) is 10.6. The SMILES string of the molecule is O=C(COc1cccc(Cl)c1)NCCCc1ccc(F)cc1. The molecule has 0 aromatic heterocycles. The quantitative estimate of drug-likeness (QED) is 0.791. The van der Waals surface area contributed by atoms with Gasteiger partial charge in [-0.3, -0.25) is 4.79 Å². The highest BCUT2D eigenvalue weighted by Crippen LogP contribution is 2.16. The van der Waals surface area contributed by atoms with Gasteiger partial charge in [0.15, 0.2) is 6.61 Å². The van der Waals surface area contributed by atoms with Crippen LogP contribution in [0.3, 0.4) is 0 Å². The average molecular weight is 322 g/mol. The summed E-state index contributed by atoms with van der Waals surface area (Å²) in [5.41, 5.74) is 1.05. The van der Waals surface area contributed by atoms with E-state index in [1.54, 1.807) is 36.4 Å². The molecular formula is C17H17ClFNO2. The Balaban J connectivity index is 1.62. The summed E-state index contributed by atoms with van der Waals surface area (Å²) in [5.74, 6) is 0.142. The van der Waals surface area contributed by atoms with Gasteiger partial charge in [0.2, 0.25) is 0 Å². The highest BCUT2D eigenvalue weighted by atomic mass is 35.5. The smallest absolute Gasteiger partial charge is 0.257 e. The van der Waals surface area contributed by atoms with Gasteiger partial charge in [0, 0.05) is 11.6 Å². The van der Waals surface area contributed by atoms with E-state index in [2.05, 4.69) is 5.32 Å². The molecule has 2 aromatic rings. The van der Waals surface area contributed by atoms with Crippen molar-refractivity contribution in [1.82, 2.24) is 5.32 Å². The molecule has 0 bridgehead atoms. The normalized spacial score (nSPS) is 10.3. The Kier molecular flexibility index (Phi) is 6.22. The van der Waals surface area contributed by atoms with E-state index in [0.29, 0.717) is 17.3 Å². The van der Waals surface area contributed by atoms with Crippen LogP contribution < -0.4 is 10.1 Å². The van der Waals surface area contributed by atoms with Gasteiger partial charge in [0.25, 0.3) is 5.91 Å². The van der Waals surface area contributed by atoms with E-state index in [-0.39, 0.29) is 18.3 Å². The molecule has 0 aliphatic carbocycles. The van der Waals surface area contributed by atoms with Crippen LogP contribution in [0.25, 0.3) is 0 Å². The number of hydrogen-bond donors (Lipinski definition) is 1. The lowest BCUT2D eigenvalue weighted by molar-refractivity contribution is -0.123. The molecule has 5 heteroatoms. The van der Waals surface area contributed by atoms with Crippen molar-refractivity contribution in [2.45, 2.75) is 12.8 Å². The summed E-state index contributed by atoms with van der Waals surface area (Å²) >= 11 is 5.83. The molecule has 1 amide bonds. The third kappa shape index (κ3) is 5.74. The van der Waals surface area contributed by atoms with E-state index >= 15 is 0 Å². The Hall–Kier alpha value is -2.07. The molecular weight excluding hydrogens is 305 g/mol. The number of rotatable bonds is 7. The van der Waals surface area contributed by atoms with E-state index in [4.69, 9.17) is 16.3 Å². The number of aryl methyl sites for hydroxylation is 1. The minimum absolute atomic E-state index is 0.0448. The maximum Gasteiger partial charge on any atom is 0.257 e. The molecule has 0 radical (unpaired) electrons. The summed E-state index contributed by atoms with van der Waals surface area (Å²) in [6.07, 6.45) is 1.57. The first-order valence-corrected chi connectivity index (χ1v) is 7.41. The van der Waals surface area contributed by atoms with Crippen LogP contribution in [-0.2, 0) is 11.2 Å². The zero-order valence-electron chi connectivity index (χ0n) is 12.0. The second-order valence-corrected chi connectivity index (χ2v) is 5.26. The number of nitrogens with one attached hydrogen (secondary N) is 1. The Morgan fingerprint density at radius 3 is 2.68 bits per heavy atom. The Morgan fingerprint density at radius 2 is 1.95 bits per heavy atom. The van der Waals surface area contributed by atoms with Crippen LogP contribution in [-0.4, -0.2) is 19.1 Å². The number of hydrogen-bond acceptors (Lipinski definition) is 2. The maximum absolute atomic E-state index is 12.8. The van der Waals surface area contributed by atoms with Crippen molar-refractivity contribution in [3.05, 3.63) is 64.9 Å². The number of benzene rings is 2. The third-order valence-electron chi connectivity index (χ3n) is 3.04. The van der Waals surface area contributed by atoms with E-state index < -0.39 is 0 Å². The minimum atomic E-state index is -0.241. The van der Waals surface area contributed by atoms with Crippen molar-refractivity contribution in [2.24, 2.45) is 0 Å². The first-order valence-electron chi connectivity index (χ1n) is 7.03. The predicted octanol–water partition coefficient (Wildman–Crippen LogP) is 3.61. The minimum Gasteiger partial charge on any atom is -0.484 e. The topological polar surface area (TPSA) is 38.3 Å². The molecule has 2 aromatic carbocycles. The summed E-state index contributed by atoms with van der Waals surface area (Å²) in [4.78, 5) is 11.6. The van der Waals surface area contributed by atoms with Gasteiger partial charge in [0.05, 0.1) is 0 Å². The van der Waals surface area contributed by atoms with Crippen LogP contribution in [0.4, 0.5) is 4.39 Å². The molecule has 0 heterocycles. The highest BCUT2D eigenvalue weighted by Gasteiger charge is 2.03. The molecule has 1 N–H and O–H groups in total. The van der Waals surface area contributed by atoms with Gasteiger partial charge >= 0.3 is 0 Å². The molecule has 0 saturated carbocycles. The van der Waals surface area contributed by atoms with Crippen LogP contribution in [0.2, 0.25) is 5.02 Å². The summed E-state index contributed by atoms with van der Waals surface area (Å²) in [5, 5.41) is 3.35. The molecule has 0 spiro atoms. The van der Waals surface area contributed by atoms with Crippen LogP contribution >= 0.6 is 11.6 Å². The molecule has 0 saturated heterocycles. The van der Waals surface area contributed by atoms with Crippen molar-refractivity contribution in [1.29, 1.82) is 0 Å². The monoisotopic (exact) mass is 321 g/mol. The van der Waals surface area contributed by atoms with Gasteiger partial charge in [-0.05, 0) is 48.7 Å². The van der Waals surface area contributed by atoms with Gasteiger partial charge in [-0.25, -0.2) is 4.39 Å². The van der Waals surface area contributed by atoms with Gasteiger partial charge in [-0.2, -0.15) is 0 Å². The van der Waals surface area contributed by atoms with E-state index in [1.807, 2.05) is 0 Å². The Bertz CT molecular complexity index is 616. The largest absolute Gasteiger partial charge is 0.484 e. The molecule has 0 fully saturated rings. The second-order valence-electron chi connectivity index (χ2n) is 4.83. The van der Waals surface area contributed by atoms with Gasteiger partial charge in [-0.1, -0.05) is 29.8 Å². The Labute approximate surface area is 134 Å². The fraction of sp³-hybridized carbons (Fsp3) is 0.235. The fourth-order valence-electron chi connectivity index (χ4n) is 1.93. The number of carbonyl (C=O) groups is 1. The molecule has 0 aliphatic heterocycles. The summed E-state index contributed by atoms with van der Waals surface area (Å²) in [7, 11) is 0. The molecule has 0 aliphatic rings. The van der Waals surface area contributed by atoms with Crippen molar-refractivity contribution >= 4 is 17.5 Å². The maximum atomic E-state index is 12.8. The third-order valence-corrected chi connectivity index (χ3v) is 3.28. The fourth-order valence-corrected chi connectivity index (χ4v) is 2.11. The van der Waals surface area contributed by atoms with Gasteiger partial charge in [0.1, 0.15) is 11.6 Å². The lowest BCUT2D eigenvalue weighted by Gasteiger charge is -2.08. The van der Waals surface area contributed by atoms with Crippen molar-refractivity contribution in [3.8, 4) is 5.75 Å². The van der Waals surface area contributed by atoms with Gasteiger partial charge in [-0.15, -0.1) is 0 Å². The lowest BCUT2D eigenvalue weighted by Crippen LogP contribution is -2.29. The summed E-state index contributed by atoms with van der Waals surface area (Å²) in [6.45, 7) is 0.506. The molecule has 116 valence electrons. The lowest BCUT2D eigenvalue weighted by atomic mass is 10.1. The highest BCUT2D eigenvalue weighted by molar-refractivity contribution is 6.30. The molecule has 0 atom stereocenters. The van der Waals surface area contributed by atoms with Crippen molar-refractivity contribution in [2.75, 3.05) is 13.2 Å². The van der Waals surface area contributed by atoms with Crippen LogP contribution in [0.5, 0.6) is 5.75 Å². The van der Waals surface area contributed by atoms with Crippen LogP contribution in [0.1, 0.15) is 12.0 Å². The van der Waals surface area contributed by atoms with E-state index in [0.717, 1.165) is 18.4 Å². The Morgan fingerprint density at radius 1 is 1.18 bits per heavy atom. The standard InChI is InChI=1S/C17H17ClFNO2/c18-14-4-1-5-16(11-14)22-12-17(21)20-10-2-3-13-6-8-15(19)9-7-13/h1,4-9,11H,2-3,10,12H2,(H,20,21). The number of amides is 1. The predicted molar refractivity (Wildman–Crippen MR) is 84.7 cm³/mol. The summed E-state index contributed by atoms with van der Waals surface area (Å²) < 4.78 is 18.1. The van der Waals surface area contributed by atoms with Crippen molar-refractivity contribution in [3.63, 3.8) is 0 Å². The second kappa shape index (κ2) is 8.39. The average Bonchev–Trinajstić information content (AvgIpc) is 2.51. The van der Waals surface area contributed by atoms with E-state index in [9.17, 15) is 9.18 Å². The van der Waals surface area contributed by atoms with Crippen LogP contribution in [0, 0.1) is 5.82 Å². The van der Waals surface area contributed by atoms with Crippen molar-refractivity contribution < 1.29 is 13.9 Å². The number of halogens is 2. The molecule has 0 unspecified atom stereocenters. The summed E-state index contributed by atoms with van der Waals surface area (Å²) in [6, 6.07) is 13.3. The zero-order valence-corrected chi connectivity index (χ0v) is 12.8. The van der Waals surface area contributed by atoms with Gasteiger partial charge < -0.3 is 10.1 Å². The molecule has 3 nitrogen and oxygen atoms in total. The van der Waals surface area contributed by atoms with E-state index in [1.165, 1.54) is 12.1 Å². The zero-order chi connectivity index (χ0) is 15.8. The number of carbonyl (C=O) groups excluding carboxylic acids is 1.